The first-order valence-corrected chi connectivity index (χ1v) is 7.52. The van der Waals surface area contributed by atoms with E-state index in [0.717, 1.165) is 32.4 Å². The van der Waals surface area contributed by atoms with Gasteiger partial charge in [0.15, 0.2) is 0 Å². The molecule has 1 aliphatic heterocycles. The molecule has 1 amide bonds. The molecular formula is C14H20ClN3O2. The Kier molecular flexibility index (Phi) is 5.59. The van der Waals surface area contributed by atoms with Crippen LogP contribution in [0, 0.1) is 6.92 Å². The first-order valence-electron chi connectivity index (χ1n) is 6.99. The molecule has 20 heavy (non-hydrogen) atoms. The lowest BCUT2D eigenvalue weighted by Crippen LogP contribution is -2.41. The lowest BCUT2D eigenvalue weighted by molar-refractivity contribution is -0.133. The van der Waals surface area contributed by atoms with Crippen molar-refractivity contribution in [2.24, 2.45) is 0 Å². The number of piperidine rings is 1. The van der Waals surface area contributed by atoms with Crippen molar-refractivity contribution in [1.29, 1.82) is 0 Å². The van der Waals surface area contributed by atoms with E-state index < -0.39 is 0 Å². The summed E-state index contributed by atoms with van der Waals surface area (Å²) in [6.07, 6.45) is 4.80. The van der Waals surface area contributed by atoms with Crippen molar-refractivity contribution in [2.45, 2.75) is 38.7 Å². The lowest BCUT2D eigenvalue weighted by Gasteiger charge is -2.32. The second-order valence-electron chi connectivity index (χ2n) is 4.93. The fraction of sp³-hybridized carbons (Fsp3) is 0.643. The van der Waals surface area contributed by atoms with Crippen LogP contribution < -0.4 is 4.74 Å². The summed E-state index contributed by atoms with van der Waals surface area (Å²) in [6, 6.07) is 1.77. The highest BCUT2D eigenvalue weighted by Gasteiger charge is 2.23. The van der Waals surface area contributed by atoms with Gasteiger partial charge in [0.2, 0.25) is 11.8 Å². The molecule has 2 rings (SSSR count). The maximum Gasteiger partial charge on any atom is 0.222 e. The molecule has 0 saturated carbocycles. The van der Waals surface area contributed by atoms with Gasteiger partial charge >= 0.3 is 0 Å². The molecule has 0 aromatic carbocycles. The molecule has 0 radical (unpaired) electrons. The van der Waals surface area contributed by atoms with Crippen LogP contribution in [0.2, 0.25) is 0 Å². The van der Waals surface area contributed by atoms with Crippen LogP contribution in [0.4, 0.5) is 0 Å². The number of aryl methyl sites for hydroxylation is 1. The average molecular weight is 298 g/mol. The maximum atomic E-state index is 11.9. The van der Waals surface area contributed by atoms with E-state index in [1.54, 1.807) is 12.3 Å². The first-order chi connectivity index (χ1) is 9.69. The number of hydrogen-bond donors (Lipinski definition) is 0. The van der Waals surface area contributed by atoms with Gasteiger partial charge in [0.25, 0.3) is 0 Å². The number of carbonyl (C=O) groups is 1. The van der Waals surface area contributed by atoms with E-state index in [2.05, 4.69) is 9.97 Å². The Hall–Kier alpha value is -1.36. The highest BCUT2D eigenvalue weighted by molar-refractivity contribution is 6.17. The van der Waals surface area contributed by atoms with Gasteiger partial charge < -0.3 is 9.64 Å². The zero-order valence-electron chi connectivity index (χ0n) is 11.7. The Morgan fingerprint density at radius 1 is 1.50 bits per heavy atom. The highest BCUT2D eigenvalue weighted by atomic mass is 35.5. The highest BCUT2D eigenvalue weighted by Crippen LogP contribution is 2.17. The Morgan fingerprint density at radius 2 is 2.25 bits per heavy atom. The molecule has 0 spiro atoms. The average Bonchev–Trinajstić information content (AvgIpc) is 2.45. The zero-order valence-corrected chi connectivity index (χ0v) is 12.5. The van der Waals surface area contributed by atoms with E-state index >= 15 is 0 Å². The number of amides is 1. The number of carbonyl (C=O) groups excluding carboxylic acids is 1. The van der Waals surface area contributed by atoms with E-state index in [-0.39, 0.29) is 12.0 Å². The summed E-state index contributed by atoms with van der Waals surface area (Å²) in [5.41, 5.74) is 0. The molecule has 1 saturated heterocycles. The SMILES string of the molecule is Cc1nccc(OC2CCN(C(=O)CCCCl)CC2)n1. The summed E-state index contributed by atoms with van der Waals surface area (Å²) < 4.78 is 5.84. The summed E-state index contributed by atoms with van der Waals surface area (Å²) >= 11 is 5.61. The molecule has 5 nitrogen and oxygen atoms in total. The predicted molar refractivity (Wildman–Crippen MR) is 77.0 cm³/mol. The molecule has 0 aliphatic carbocycles. The van der Waals surface area contributed by atoms with E-state index in [4.69, 9.17) is 16.3 Å². The zero-order chi connectivity index (χ0) is 14.4. The number of hydrogen-bond acceptors (Lipinski definition) is 4. The smallest absolute Gasteiger partial charge is 0.222 e. The van der Waals surface area contributed by atoms with Crippen molar-refractivity contribution >= 4 is 17.5 Å². The van der Waals surface area contributed by atoms with Gasteiger partial charge in [-0.3, -0.25) is 4.79 Å². The summed E-state index contributed by atoms with van der Waals surface area (Å²) in [6.45, 7) is 3.33. The quantitative estimate of drug-likeness (QED) is 0.782. The summed E-state index contributed by atoms with van der Waals surface area (Å²) in [4.78, 5) is 22.0. The fourth-order valence-corrected chi connectivity index (χ4v) is 2.40. The van der Waals surface area contributed by atoms with Crippen molar-refractivity contribution in [3.8, 4) is 5.88 Å². The van der Waals surface area contributed by atoms with Gasteiger partial charge in [-0.1, -0.05) is 0 Å². The Labute approximate surface area is 124 Å². The molecule has 1 aromatic rings. The minimum Gasteiger partial charge on any atom is -0.474 e. The third-order valence-corrected chi connectivity index (χ3v) is 3.62. The lowest BCUT2D eigenvalue weighted by atomic mass is 10.1. The largest absolute Gasteiger partial charge is 0.474 e. The van der Waals surface area contributed by atoms with Crippen molar-refractivity contribution in [3.63, 3.8) is 0 Å². The summed E-state index contributed by atoms with van der Waals surface area (Å²) in [5.74, 6) is 2.06. The topological polar surface area (TPSA) is 55.3 Å². The van der Waals surface area contributed by atoms with E-state index in [0.29, 0.717) is 24.0 Å². The van der Waals surface area contributed by atoms with Gasteiger partial charge in [-0.15, -0.1) is 11.6 Å². The van der Waals surface area contributed by atoms with Gasteiger partial charge in [0.05, 0.1) is 0 Å². The minimum absolute atomic E-state index is 0.126. The Balaban J connectivity index is 1.78. The number of nitrogens with zero attached hydrogens (tertiary/aromatic N) is 3. The second-order valence-corrected chi connectivity index (χ2v) is 5.31. The molecule has 1 fully saturated rings. The molecule has 110 valence electrons. The normalized spacial score (nSPS) is 16.2. The minimum atomic E-state index is 0.126. The Bertz CT molecular complexity index is 448. The van der Waals surface area contributed by atoms with Gasteiger partial charge in [-0.05, 0) is 13.3 Å². The number of rotatable bonds is 5. The molecule has 1 aromatic heterocycles. The van der Waals surface area contributed by atoms with Crippen LogP contribution in [-0.2, 0) is 4.79 Å². The van der Waals surface area contributed by atoms with Crippen LogP contribution in [0.1, 0.15) is 31.5 Å². The number of halogens is 1. The number of alkyl halides is 1. The molecule has 2 heterocycles. The molecule has 1 aliphatic rings. The molecule has 0 bridgehead atoms. The molecule has 0 N–H and O–H groups in total. The first kappa shape index (κ1) is 15.0. The molecule has 6 heteroatoms. The fourth-order valence-electron chi connectivity index (χ4n) is 2.27. The maximum absolute atomic E-state index is 11.9. The Morgan fingerprint density at radius 3 is 2.90 bits per heavy atom. The van der Waals surface area contributed by atoms with Crippen LogP contribution >= 0.6 is 11.6 Å². The van der Waals surface area contributed by atoms with Crippen LogP contribution in [-0.4, -0.2) is 45.8 Å². The summed E-state index contributed by atoms with van der Waals surface area (Å²) in [5, 5.41) is 0. The van der Waals surface area contributed by atoms with Crippen molar-refractivity contribution in [2.75, 3.05) is 19.0 Å². The van der Waals surface area contributed by atoms with Crippen LogP contribution in [0.3, 0.4) is 0 Å². The monoisotopic (exact) mass is 297 g/mol. The third kappa shape index (κ3) is 4.34. The van der Waals surface area contributed by atoms with E-state index in [1.165, 1.54) is 0 Å². The van der Waals surface area contributed by atoms with Crippen LogP contribution in [0.5, 0.6) is 5.88 Å². The van der Waals surface area contributed by atoms with Crippen molar-refractivity contribution < 1.29 is 9.53 Å². The molecular weight excluding hydrogens is 278 g/mol. The number of likely N-dealkylation sites (tertiary alicyclic amines) is 1. The number of ether oxygens (including phenoxy) is 1. The van der Waals surface area contributed by atoms with Gasteiger partial charge in [-0.25, -0.2) is 4.98 Å². The van der Waals surface area contributed by atoms with Crippen molar-refractivity contribution in [1.82, 2.24) is 14.9 Å². The number of aromatic nitrogens is 2. The second kappa shape index (κ2) is 7.43. The van der Waals surface area contributed by atoms with Gasteiger partial charge in [-0.2, -0.15) is 4.98 Å². The standard InChI is InChI=1S/C14H20ClN3O2/c1-11-16-8-4-13(17-11)20-12-5-9-18(10-6-12)14(19)3-2-7-15/h4,8,12H,2-3,5-7,9-10H2,1H3. The van der Waals surface area contributed by atoms with E-state index in [9.17, 15) is 4.79 Å². The van der Waals surface area contributed by atoms with Gasteiger partial charge in [0, 0.05) is 50.5 Å². The molecule has 0 atom stereocenters. The van der Waals surface area contributed by atoms with Crippen LogP contribution in [0.15, 0.2) is 12.3 Å². The van der Waals surface area contributed by atoms with Crippen molar-refractivity contribution in [3.05, 3.63) is 18.1 Å². The third-order valence-electron chi connectivity index (χ3n) is 3.36. The predicted octanol–water partition coefficient (Wildman–Crippen LogP) is 2.17. The van der Waals surface area contributed by atoms with Crippen LogP contribution in [0.25, 0.3) is 0 Å². The molecule has 0 unspecified atom stereocenters. The van der Waals surface area contributed by atoms with E-state index in [1.807, 2.05) is 11.8 Å². The van der Waals surface area contributed by atoms with Gasteiger partial charge in [0.1, 0.15) is 11.9 Å². The summed E-state index contributed by atoms with van der Waals surface area (Å²) in [7, 11) is 0.